The molecule has 0 radical (unpaired) electrons. The average molecular weight is 238 g/mol. The zero-order valence-electron chi connectivity index (χ0n) is 11.9. The molecule has 1 saturated carbocycles. The Morgan fingerprint density at radius 3 is 2.53 bits per heavy atom. The van der Waals surface area contributed by atoms with E-state index in [1.54, 1.807) is 0 Å². The maximum atomic E-state index is 3.76. The first-order valence-corrected chi connectivity index (χ1v) is 7.71. The summed E-state index contributed by atoms with van der Waals surface area (Å²) in [6, 6.07) is 2.41. The van der Waals surface area contributed by atoms with Gasteiger partial charge in [0.15, 0.2) is 0 Å². The van der Waals surface area contributed by atoms with Crippen molar-refractivity contribution in [2.24, 2.45) is 5.92 Å². The van der Waals surface area contributed by atoms with Gasteiger partial charge in [0.25, 0.3) is 0 Å². The zero-order valence-corrected chi connectivity index (χ0v) is 11.9. The van der Waals surface area contributed by atoms with Crippen LogP contribution in [0.25, 0.3) is 0 Å². The minimum absolute atomic E-state index is 0.746. The molecule has 0 aromatic rings. The van der Waals surface area contributed by atoms with Gasteiger partial charge in [-0.3, -0.25) is 4.90 Å². The summed E-state index contributed by atoms with van der Waals surface area (Å²) in [7, 11) is 0. The molecule has 0 spiro atoms. The highest BCUT2D eigenvalue weighted by atomic mass is 15.3. The van der Waals surface area contributed by atoms with Crippen LogP contribution < -0.4 is 5.32 Å². The van der Waals surface area contributed by atoms with E-state index in [9.17, 15) is 0 Å². The van der Waals surface area contributed by atoms with Gasteiger partial charge in [0.05, 0.1) is 0 Å². The molecule has 17 heavy (non-hydrogen) atoms. The van der Waals surface area contributed by atoms with Gasteiger partial charge >= 0.3 is 0 Å². The van der Waals surface area contributed by atoms with Gasteiger partial charge < -0.3 is 5.32 Å². The number of rotatable bonds is 4. The second kappa shape index (κ2) is 6.19. The second-order valence-corrected chi connectivity index (χ2v) is 6.34. The largest absolute Gasteiger partial charge is 0.311 e. The van der Waals surface area contributed by atoms with E-state index in [1.165, 1.54) is 51.6 Å². The number of hydrogen-bond acceptors (Lipinski definition) is 2. The fourth-order valence-corrected chi connectivity index (χ4v) is 3.68. The fraction of sp³-hybridized carbons (Fsp3) is 1.00. The summed E-state index contributed by atoms with van der Waals surface area (Å²) in [5.74, 6) is 0.783. The molecule has 0 bridgehead atoms. The Bertz CT molecular complexity index is 221. The first-order valence-electron chi connectivity index (χ1n) is 7.71. The summed E-state index contributed by atoms with van der Waals surface area (Å²) < 4.78 is 0. The third kappa shape index (κ3) is 3.23. The molecule has 2 heteroatoms. The monoisotopic (exact) mass is 238 g/mol. The van der Waals surface area contributed by atoms with Crippen LogP contribution in [0.5, 0.6) is 0 Å². The van der Waals surface area contributed by atoms with E-state index >= 15 is 0 Å². The van der Waals surface area contributed by atoms with Crippen molar-refractivity contribution in [1.29, 1.82) is 0 Å². The van der Waals surface area contributed by atoms with E-state index in [-0.39, 0.29) is 0 Å². The number of nitrogens with zero attached hydrogens (tertiary/aromatic N) is 1. The van der Waals surface area contributed by atoms with E-state index in [0.717, 1.165) is 24.0 Å². The van der Waals surface area contributed by atoms with Crippen molar-refractivity contribution >= 4 is 0 Å². The van der Waals surface area contributed by atoms with Gasteiger partial charge in [0, 0.05) is 31.2 Å². The molecule has 0 aromatic heterocycles. The first kappa shape index (κ1) is 13.4. The van der Waals surface area contributed by atoms with Gasteiger partial charge in [-0.25, -0.2) is 0 Å². The van der Waals surface area contributed by atoms with Crippen molar-refractivity contribution < 1.29 is 0 Å². The van der Waals surface area contributed by atoms with Crippen LogP contribution >= 0.6 is 0 Å². The molecule has 1 N–H and O–H groups in total. The van der Waals surface area contributed by atoms with Crippen LogP contribution in [0.1, 0.15) is 59.3 Å². The minimum Gasteiger partial charge on any atom is -0.311 e. The van der Waals surface area contributed by atoms with Crippen LogP contribution in [0.2, 0.25) is 0 Å². The van der Waals surface area contributed by atoms with E-state index in [4.69, 9.17) is 0 Å². The molecule has 2 atom stereocenters. The number of hydrogen-bond donors (Lipinski definition) is 1. The molecule has 1 aliphatic carbocycles. The van der Waals surface area contributed by atoms with Gasteiger partial charge in [-0.1, -0.05) is 40.0 Å². The highest BCUT2D eigenvalue weighted by Crippen LogP contribution is 2.29. The molecule has 0 aromatic carbocycles. The molecule has 2 nitrogen and oxygen atoms in total. The van der Waals surface area contributed by atoms with E-state index in [0.29, 0.717) is 0 Å². The molecule has 1 heterocycles. The summed E-state index contributed by atoms with van der Waals surface area (Å²) in [4.78, 5) is 2.86. The predicted octanol–water partition coefficient (Wildman–Crippen LogP) is 3.03. The molecule has 100 valence electrons. The van der Waals surface area contributed by atoms with Crippen LogP contribution in [-0.4, -0.2) is 36.1 Å². The van der Waals surface area contributed by atoms with Gasteiger partial charge in [-0.2, -0.15) is 0 Å². The lowest BCUT2D eigenvalue weighted by Crippen LogP contribution is -2.60. The predicted molar refractivity (Wildman–Crippen MR) is 74.3 cm³/mol. The lowest BCUT2D eigenvalue weighted by Gasteiger charge is -2.45. The Hall–Kier alpha value is -0.0800. The molecule has 2 fully saturated rings. The summed E-state index contributed by atoms with van der Waals surface area (Å²) in [6.07, 6.45) is 8.45. The first-order chi connectivity index (χ1) is 8.22. The van der Waals surface area contributed by atoms with Crippen LogP contribution in [0.4, 0.5) is 0 Å². The third-order valence-corrected chi connectivity index (χ3v) is 4.67. The normalized spacial score (nSPS) is 32.5. The van der Waals surface area contributed by atoms with Crippen molar-refractivity contribution in [3.8, 4) is 0 Å². The molecule has 2 aliphatic rings. The summed E-state index contributed by atoms with van der Waals surface area (Å²) in [5, 5.41) is 3.76. The lowest BCUT2D eigenvalue weighted by molar-refractivity contribution is 0.0557. The topological polar surface area (TPSA) is 15.3 Å². The van der Waals surface area contributed by atoms with Crippen molar-refractivity contribution in [2.75, 3.05) is 13.1 Å². The van der Waals surface area contributed by atoms with Crippen molar-refractivity contribution in [1.82, 2.24) is 10.2 Å². The maximum Gasteiger partial charge on any atom is 0.0247 e. The fourth-order valence-electron chi connectivity index (χ4n) is 3.68. The molecule has 1 saturated heterocycles. The van der Waals surface area contributed by atoms with E-state index in [1.807, 2.05) is 0 Å². The van der Waals surface area contributed by atoms with Crippen LogP contribution in [0, 0.1) is 5.92 Å². The van der Waals surface area contributed by atoms with Crippen LogP contribution in [0.3, 0.4) is 0 Å². The van der Waals surface area contributed by atoms with Gasteiger partial charge in [-0.05, 0) is 25.2 Å². The highest BCUT2D eigenvalue weighted by molar-refractivity contribution is 4.92. The highest BCUT2D eigenvalue weighted by Gasteiger charge is 2.34. The Labute approximate surface area is 107 Å². The molecule has 2 unspecified atom stereocenters. The Balaban J connectivity index is 1.98. The Morgan fingerprint density at radius 1 is 1.24 bits per heavy atom. The van der Waals surface area contributed by atoms with Gasteiger partial charge in [0.1, 0.15) is 0 Å². The number of nitrogens with one attached hydrogen (secondary N) is 1. The number of piperazine rings is 1. The lowest BCUT2D eigenvalue weighted by atomic mass is 9.94. The summed E-state index contributed by atoms with van der Waals surface area (Å²) >= 11 is 0. The summed E-state index contributed by atoms with van der Waals surface area (Å²) in [6.45, 7) is 9.57. The molecular weight excluding hydrogens is 208 g/mol. The minimum atomic E-state index is 0.746. The Morgan fingerprint density at radius 2 is 1.94 bits per heavy atom. The Kier molecular flexibility index (Phi) is 4.87. The quantitative estimate of drug-likeness (QED) is 0.810. The zero-order chi connectivity index (χ0) is 12.3. The molecular formula is C15H30N2. The van der Waals surface area contributed by atoms with E-state index < -0.39 is 0 Å². The van der Waals surface area contributed by atoms with Crippen LogP contribution in [-0.2, 0) is 0 Å². The summed E-state index contributed by atoms with van der Waals surface area (Å²) in [5.41, 5.74) is 0. The molecule has 2 rings (SSSR count). The van der Waals surface area contributed by atoms with Gasteiger partial charge in [0.2, 0.25) is 0 Å². The third-order valence-electron chi connectivity index (χ3n) is 4.67. The second-order valence-electron chi connectivity index (χ2n) is 6.34. The van der Waals surface area contributed by atoms with Gasteiger partial charge in [-0.15, -0.1) is 0 Å². The SMILES string of the molecule is CCCC1CN(C2CCCC2)C(C(C)C)CN1. The van der Waals surface area contributed by atoms with Crippen molar-refractivity contribution in [2.45, 2.75) is 77.4 Å². The standard InChI is InChI=1S/C15H30N2/c1-4-7-13-11-17(14-8-5-6-9-14)15(10-16-13)12(2)3/h12-16H,4-11H2,1-3H3. The van der Waals surface area contributed by atoms with Crippen molar-refractivity contribution in [3.63, 3.8) is 0 Å². The smallest absolute Gasteiger partial charge is 0.0247 e. The average Bonchev–Trinajstić information content (AvgIpc) is 2.82. The maximum absolute atomic E-state index is 3.76. The molecule has 1 aliphatic heterocycles. The van der Waals surface area contributed by atoms with Crippen LogP contribution in [0.15, 0.2) is 0 Å². The molecule has 0 amide bonds. The van der Waals surface area contributed by atoms with E-state index in [2.05, 4.69) is 31.0 Å². The van der Waals surface area contributed by atoms with Crippen molar-refractivity contribution in [3.05, 3.63) is 0 Å².